The summed E-state index contributed by atoms with van der Waals surface area (Å²) in [5, 5.41) is 9.04. The lowest BCUT2D eigenvalue weighted by molar-refractivity contribution is -0.432. The van der Waals surface area contributed by atoms with Gasteiger partial charge in [0.05, 0.1) is 16.9 Å². The van der Waals surface area contributed by atoms with Gasteiger partial charge in [-0.05, 0) is 12.5 Å². The number of fused-ring (bicyclic) bond motifs is 1. The zero-order valence-electron chi connectivity index (χ0n) is 9.94. The molecular formula is C11H4F6O3S. The number of halogens is 6. The van der Waals surface area contributed by atoms with Gasteiger partial charge in [-0.15, -0.1) is 4.33 Å². The molecule has 0 aliphatic heterocycles. The van der Waals surface area contributed by atoms with Crippen LogP contribution in [0.1, 0.15) is 5.56 Å². The molecule has 0 saturated carbocycles. The minimum atomic E-state index is -2.20. The Hall–Kier alpha value is -1.49. The molecule has 2 aromatic rings. The molecule has 0 radical (unpaired) electrons. The normalized spacial score (nSPS) is 11.4. The highest BCUT2D eigenvalue weighted by Crippen LogP contribution is 2.39. The Bertz CT molecular complexity index is 728. The molecule has 0 bridgehead atoms. The van der Waals surface area contributed by atoms with Gasteiger partial charge in [0.25, 0.3) is 0 Å². The van der Waals surface area contributed by atoms with Crippen LogP contribution in [-0.4, -0.2) is 5.26 Å². The van der Waals surface area contributed by atoms with Gasteiger partial charge in [0.15, 0.2) is 34.9 Å². The van der Waals surface area contributed by atoms with Crippen LogP contribution < -0.4 is 0 Å². The summed E-state index contributed by atoms with van der Waals surface area (Å²) in [4.78, 5) is -1.06. The molecule has 0 aliphatic rings. The van der Waals surface area contributed by atoms with E-state index in [0.717, 1.165) is 6.92 Å². The van der Waals surface area contributed by atoms with Gasteiger partial charge in [-0.2, -0.15) is 0 Å². The zero-order valence-corrected chi connectivity index (χ0v) is 10.8. The molecule has 0 spiro atoms. The molecular weight excluding hydrogens is 326 g/mol. The average molecular weight is 330 g/mol. The molecule has 114 valence electrons. The predicted molar refractivity (Wildman–Crippen MR) is 59.1 cm³/mol. The fourth-order valence-corrected chi connectivity index (χ4v) is 2.34. The van der Waals surface area contributed by atoms with E-state index in [4.69, 9.17) is 5.26 Å². The van der Waals surface area contributed by atoms with E-state index >= 15 is 0 Å². The Morgan fingerprint density at radius 1 is 0.762 bits per heavy atom. The van der Waals surface area contributed by atoms with Crippen molar-refractivity contribution in [3.05, 3.63) is 40.5 Å². The molecule has 1 N–H and O–H groups in total. The first-order chi connectivity index (χ1) is 9.82. The van der Waals surface area contributed by atoms with Crippen LogP contribution in [0.3, 0.4) is 0 Å². The summed E-state index contributed by atoms with van der Waals surface area (Å²) in [6.45, 7) is 0.860. The van der Waals surface area contributed by atoms with Crippen LogP contribution in [-0.2, 0) is 9.37 Å². The SMILES string of the molecule is Cc1c(F)c(F)c(SOOO)c2c(F)c(F)c(F)c(F)c12. The maximum Gasteiger partial charge on any atom is 0.198 e. The van der Waals surface area contributed by atoms with Crippen LogP contribution >= 0.6 is 12.0 Å². The molecule has 0 unspecified atom stereocenters. The fraction of sp³-hybridized carbons (Fsp3) is 0.0909. The first-order valence-corrected chi connectivity index (χ1v) is 5.85. The van der Waals surface area contributed by atoms with E-state index in [-0.39, 0.29) is 12.0 Å². The molecule has 0 saturated heterocycles. The molecule has 0 aromatic heterocycles. The van der Waals surface area contributed by atoms with E-state index in [2.05, 4.69) is 9.37 Å². The number of benzene rings is 2. The second kappa shape index (κ2) is 5.72. The number of hydrogen-bond acceptors (Lipinski definition) is 4. The highest BCUT2D eigenvalue weighted by molar-refractivity contribution is 7.94. The molecule has 21 heavy (non-hydrogen) atoms. The minimum Gasteiger partial charge on any atom is -0.220 e. The summed E-state index contributed by atoms with van der Waals surface area (Å²) < 4.78 is 85.2. The largest absolute Gasteiger partial charge is 0.220 e. The van der Waals surface area contributed by atoms with Crippen molar-refractivity contribution in [3.8, 4) is 0 Å². The molecule has 0 fully saturated rings. The predicted octanol–water partition coefficient (Wildman–Crippen LogP) is 4.41. The van der Waals surface area contributed by atoms with Gasteiger partial charge in [0, 0.05) is 10.8 Å². The van der Waals surface area contributed by atoms with Crippen molar-refractivity contribution in [2.45, 2.75) is 11.8 Å². The number of rotatable bonds is 3. The Labute approximate surface area is 117 Å². The second-order valence-electron chi connectivity index (χ2n) is 3.81. The van der Waals surface area contributed by atoms with E-state index in [9.17, 15) is 26.3 Å². The van der Waals surface area contributed by atoms with Crippen LogP contribution in [0.2, 0.25) is 0 Å². The molecule has 2 aromatic carbocycles. The average Bonchev–Trinajstić information content (AvgIpc) is 2.47. The Morgan fingerprint density at radius 3 is 1.81 bits per heavy atom. The highest BCUT2D eigenvalue weighted by Gasteiger charge is 2.29. The smallest absolute Gasteiger partial charge is 0.198 e. The highest BCUT2D eigenvalue weighted by atomic mass is 32.2. The quantitative estimate of drug-likeness (QED) is 0.226. The van der Waals surface area contributed by atoms with Gasteiger partial charge in [-0.1, -0.05) is 5.04 Å². The van der Waals surface area contributed by atoms with Crippen molar-refractivity contribution in [2.24, 2.45) is 0 Å². The van der Waals surface area contributed by atoms with Gasteiger partial charge in [0.2, 0.25) is 0 Å². The van der Waals surface area contributed by atoms with Crippen LogP contribution in [0.4, 0.5) is 26.3 Å². The zero-order chi connectivity index (χ0) is 15.9. The Balaban J connectivity index is 3.02. The summed E-state index contributed by atoms with van der Waals surface area (Å²) in [7, 11) is 0. The van der Waals surface area contributed by atoms with Crippen molar-refractivity contribution < 1.29 is 41.0 Å². The Morgan fingerprint density at radius 2 is 1.29 bits per heavy atom. The van der Waals surface area contributed by atoms with Crippen molar-refractivity contribution in [1.82, 2.24) is 0 Å². The number of aryl methyl sites for hydroxylation is 1. The summed E-state index contributed by atoms with van der Waals surface area (Å²) in [5.74, 6) is -11.5. The lowest BCUT2D eigenvalue weighted by Gasteiger charge is -2.13. The summed E-state index contributed by atoms with van der Waals surface area (Å²) in [5.41, 5.74) is -0.757. The van der Waals surface area contributed by atoms with Crippen molar-refractivity contribution in [3.63, 3.8) is 0 Å². The van der Waals surface area contributed by atoms with Gasteiger partial charge in [-0.25, -0.2) is 31.6 Å². The molecule has 3 nitrogen and oxygen atoms in total. The first-order valence-electron chi connectivity index (χ1n) is 5.10. The van der Waals surface area contributed by atoms with Crippen LogP contribution in [0.5, 0.6) is 0 Å². The van der Waals surface area contributed by atoms with E-state index in [1.54, 1.807) is 0 Å². The van der Waals surface area contributed by atoms with E-state index in [0.29, 0.717) is 0 Å². The van der Waals surface area contributed by atoms with Crippen molar-refractivity contribution >= 4 is 22.8 Å². The third-order valence-corrected chi connectivity index (χ3v) is 3.42. The summed E-state index contributed by atoms with van der Waals surface area (Å²) >= 11 is -0.246. The van der Waals surface area contributed by atoms with E-state index in [1.165, 1.54) is 0 Å². The number of hydrogen-bond donors (Lipinski definition) is 1. The first kappa shape index (κ1) is 15.9. The van der Waals surface area contributed by atoms with Gasteiger partial charge in [0.1, 0.15) is 0 Å². The summed E-state index contributed by atoms with van der Waals surface area (Å²) in [6, 6.07) is 0. The maximum absolute atomic E-state index is 13.8. The van der Waals surface area contributed by atoms with Crippen LogP contribution in [0.25, 0.3) is 10.8 Å². The second-order valence-corrected chi connectivity index (χ2v) is 4.52. The standard InChI is InChI=1S/C11H4F6O3S/c1-2-3-4(7(14)9(16)8(15)6(3)13)11(21-20-19-18)10(17)5(2)12/h18H,1H3. The van der Waals surface area contributed by atoms with Crippen LogP contribution in [0.15, 0.2) is 4.90 Å². The fourth-order valence-electron chi connectivity index (χ4n) is 1.81. The third-order valence-electron chi connectivity index (χ3n) is 2.74. The van der Waals surface area contributed by atoms with Crippen molar-refractivity contribution in [2.75, 3.05) is 0 Å². The van der Waals surface area contributed by atoms with E-state index in [1.807, 2.05) is 0 Å². The van der Waals surface area contributed by atoms with Gasteiger partial charge in [-0.3, -0.25) is 0 Å². The van der Waals surface area contributed by atoms with Gasteiger partial charge >= 0.3 is 0 Å². The molecule has 0 amide bonds. The molecule has 0 aliphatic carbocycles. The molecule has 10 heteroatoms. The lowest BCUT2D eigenvalue weighted by atomic mass is 10.0. The lowest BCUT2D eigenvalue weighted by Crippen LogP contribution is -2.05. The molecule has 0 atom stereocenters. The van der Waals surface area contributed by atoms with Gasteiger partial charge < -0.3 is 0 Å². The van der Waals surface area contributed by atoms with Crippen molar-refractivity contribution in [1.29, 1.82) is 0 Å². The van der Waals surface area contributed by atoms with Crippen LogP contribution in [0, 0.1) is 41.8 Å². The third kappa shape index (κ3) is 2.33. The maximum atomic E-state index is 13.8. The topological polar surface area (TPSA) is 38.7 Å². The van der Waals surface area contributed by atoms with E-state index < -0.39 is 56.1 Å². The molecule has 2 rings (SSSR count). The Kier molecular flexibility index (Phi) is 4.33. The monoisotopic (exact) mass is 330 g/mol. The minimum absolute atomic E-state index is 0.246. The summed E-state index contributed by atoms with van der Waals surface area (Å²) in [6.07, 6.45) is 0. The molecule has 0 heterocycles.